The first kappa shape index (κ1) is 20.3. The van der Waals surface area contributed by atoms with Gasteiger partial charge in [-0.1, -0.05) is 54.7 Å². The van der Waals surface area contributed by atoms with Gasteiger partial charge in [0.25, 0.3) is 0 Å². The first-order chi connectivity index (χ1) is 14.0. The fraction of sp³-hybridized carbons (Fsp3) is 0.208. The second kappa shape index (κ2) is 9.64. The number of carbonyl (C=O) groups is 4. The molecule has 0 radical (unpaired) electrons. The third-order valence-corrected chi connectivity index (χ3v) is 4.58. The Kier molecular flexibility index (Phi) is 6.74. The minimum atomic E-state index is -0.462. The van der Waals surface area contributed by atoms with E-state index >= 15 is 0 Å². The highest BCUT2D eigenvalue weighted by Crippen LogP contribution is 2.15. The largest absolute Gasteiger partial charge is 0.294 e. The van der Waals surface area contributed by atoms with E-state index in [2.05, 4.69) is 4.98 Å². The van der Waals surface area contributed by atoms with E-state index in [0.717, 1.165) is 19.3 Å². The molecular formula is C24H21NO4. The van der Waals surface area contributed by atoms with Gasteiger partial charge in [-0.2, -0.15) is 0 Å². The molecule has 0 saturated carbocycles. The number of allylic oxidation sites excluding steroid dienone is 10. The fourth-order valence-electron chi connectivity index (χ4n) is 3.01. The number of carbonyl (C=O) groups excluding carboxylic acids is 4. The van der Waals surface area contributed by atoms with Crippen molar-refractivity contribution in [1.29, 1.82) is 0 Å². The second-order valence-corrected chi connectivity index (χ2v) is 6.78. The Hall–Kier alpha value is -3.47. The standard InChI is InChI=1S/C24H21NO4/c26-21(17-9-4-1-2-5-10-17)15-23(28)19-13-8-14-20(25-19)24(29)16-22(27)18-11-6-3-7-12-18/h1,4-6,8-14H,2-3,7,15-16H2. The van der Waals surface area contributed by atoms with E-state index in [4.69, 9.17) is 0 Å². The second-order valence-electron chi connectivity index (χ2n) is 6.78. The maximum atomic E-state index is 12.5. The van der Waals surface area contributed by atoms with E-state index in [-0.39, 0.29) is 35.8 Å². The number of hydrogen-bond donors (Lipinski definition) is 0. The van der Waals surface area contributed by atoms with E-state index in [1.54, 1.807) is 24.3 Å². The Morgan fingerprint density at radius 3 is 2.07 bits per heavy atom. The third-order valence-electron chi connectivity index (χ3n) is 4.58. The molecular weight excluding hydrogens is 366 g/mol. The van der Waals surface area contributed by atoms with Gasteiger partial charge in [-0.15, -0.1) is 0 Å². The molecule has 1 aromatic rings. The van der Waals surface area contributed by atoms with Gasteiger partial charge in [-0.3, -0.25) is 19.2 Å². The highest BCUT2D eigenvalue weighted by molar-refractivity contribution is 6.15. The summed E-state index contributed by atoms with van der Waals surface area (Å²) in [4.78, 5) is 53.6. The van der Waals surface area contributed by atoms with Crippen LogP contribution >= 0.6 is 0 Å². The first-order valence-electron chi connectivity index (χ1n) is 9.54. The van der Waals surface area contributed by atoms with Crippen LogP contribution in [0.4, 0.5) is 0 Å². The number of pyridine rings is 1. The normalized spacial score (nSPS) is 15.3. The van der Waals surface area contributed by atoms with Gasteiger partial charge in [0, 0.05) is 11.1 Å². The molecule has 0 unspecified atom stereocenters. The van der Waals surface area contributed by atoms with Crippen LogP contribution in [0, 0.1) is 0 Å². The Bertz CT molecular complexity index is 1010. The van der Waals surface area contributed by atoms with Crippen LogP contribution in [-0.4, -0.2) is 28.1 Å². The first-order valence-corrected chi connectivity index (χ1v) is 9.54. The average molecular weight is 387 g/mol. The van der Waals surface area contributed by atoms with E-state index in [0.29, 0.717) is 11.1 Å². The summed E-state index contributed by atoms with van der Waals surface area (Å²) in [5.74, 6) is -1.48. The van der Waals surface area contributed by atoms with Crippen LogP contribution in [0.3, 0.4) is 0 Å². The third kappa shape index (κ3) is 5.51. The van der Waals surface area contributed by atoms with E-state index in [1.165, 1.54) is 18.2 Å². The summed E-state index contributed by atoms with van der Waals surface area (Å²) in [6.07, 6.45) is 16.1. The van der Waals surface area contributed by atoms with Crippen LogP contribution < -0.4 is 0 Å². The lowest BCUT2D eigenvalue weighted by atomic mass is 9.99. The smallest absolute Gasteiger partial charge is 0.188 e. The van der Waals surface area contributed by atoms with Crippen molar-refractivity contribution in [1.82, 2.24) is 4.98 Å². The van der Waals surface area contributed by atoms with Gasteiger partial charge < -0.3 is 0 Å². The summed E-state index contributed by atoms with van der Waals surface area (Å²) in [6.45, 7) is 0. The van der Waals surface area contributed by atoms with Gasteiger partial charge in [-0.25, -0.2) is 4.98 Å². The summed E-state index contributed by atoms with van der Waals surface area (Å²) >= 11 is 0. The number of hydrogen-bond acceptors (Lipinski definition) is 5. The zero-order chi connectivity index (χ0) is 20.6. The molecule has 5 nitrogen and oxygen atoms in total. The monoisotopic (exact) mass is 387 g/mol. The lowest BCUT2D eigenvalue weighted by molar-refractivity contribution is -0.115. The molecule has 0 aromatic carbocycles. The molecule has 2 aliphatic rings. The zero-order valence-corrected chi connectivity index (χ0v) is 16.0. The number of aromatic nitrogens is 1. The van der Waals surface area contributed by atoms with Crippen molar-refractivity contribution in [2.45, 2.75) is 32.1 Å². The van der Waals surface area contributed by atoms with Gasteiger partial charge in [0.2, 0.25) is 0 Å². The molecule has 0 bridgehead atoms. The summed E-state index contributed by atoms with van der Waals surface area (Å²) < 4.78 is 0. The molecule has 0 fully saturated rings. The predicted molar refractivity (Wildman–Crippen MR) is 110 cm³/mol. The van der Waals surface area contributed by atoms with Crippen molar-refractivity contribution >= 4 is 23.1 Å². The number of Topliss-reactive ketones (excluding diaryl/α,β-unsaturated/α-hetero) is 4. The van der Waals surface area contributed by atoms with Crippen LogP contribution in [0.1, 0.15) is 53.1 Å². The Morgan fingerprint density at radius 1 is 0.759 bits per heavy atom. The molecule has 0 amide bonds. The summed E-state index contributed by atoms with van der Waals surface area (Å²) in [7, 11) is 0. The number of rotatable bonds is 8. The van der Waals surface area contributed by atoms with E-state index in [1.807, 2.05) is 24.3 Å². The van der Waals surface area contributed by atoms with Crippen LogP contribution in [0.5, 0.6) is 0 Å². The summed E-state index contributed by atoms with van der Waals surface area (Å²) in [5.41, 5.74) is 1.08. The van der Waals surface area contributed by atoms with Crippen molar-refractivity contribution in [3.8, 4) is 0 Å². The van der Waals surface area contributed by atoms with Gasteiger partial charge in [-0.05, 0) is 31.4 Å². The minimum absolute atomic E-state index is 0.0437. The molecule has 146 valence electrons. The van der Waals surface area contributed by atoms with Crippen LogP contribution in [0.15, 0.2) is 78.0 Å². The summed E-state index contributed by atoms with van der Waals surface area (Å²) in [6, 6.07) is 4.48. The van der Waals surface area contributed by atoms with E-state index < -0.39 is 11.6 Å². The number of nitrogens with zero attached hydrogens (tertiary/aromatic N) is 1. The molecule has 0 spiro atoms. The van der Waals surface area contributed by atoms with Crippen molar-refractivity contribution in [3.63, 3.8) is 0 Å². The Labute approximate surface area is 169 Å². The number of ketones is 4. The maximum absolute atomic E-state index is 12.5. The van der Waals surface area contributed by atoms with Crippen LogP contribution in [0.2, 0.25) is 0 Å². The lowest BCUT2D eigenvalue weighted by Gasteiger charge is -2.06. The SMILES string of the molecule is O=C(CC(=O)c1cccc(C(=O)CC(=O)C2=CCCC=C2)n1)C1=CC=CCC=C1. The molecule has 1 heterocycles. The fourth-order valence-corrected chi connectivity index (χ4v) is 3.01. The van der Waals surface area contributed by atoms with Gasteiger partial charge in [0.05, 0.1) is 12.8 Å². The molecule has 0 N–H and O–H groups in total. The van der Waals surface area contributed by atoms with Crippen molar-refractivity contribution in [3.05, 3.63) is 89.3 Å². The molecule has 1 aromatic heterocycles. The molecule has 3 rings (SSSR count). The quantitative estimate of drug-likeness (QED) is 0.496. The highest BCUT2D eigenvalue weighted by Gasteiger charge is 2.19. The molecule has 29 heavy (non-hydrogen) atoms. The lowest BCUT2D eigenvalue weighted by Crippen LogP contribution is -2.15. The van der Waals surface area contributed by atoms with Gasteiger partial charge >= 0.3 is 0 Å². The van der Waals surface area contributed by atoms with Crippen molar-refractivity contribution in [2.24, 2.45) is 0 Å². The molecule has 5 heteroatoms. The van der Waals surface area contributed by atoms with Gasteiger partial charge in [0.1, 0.15) is 11.4 Å². The summed E-state index contributed by atoms with van der Waals surface area (Å²) in [5, 5.41) is 0. The minimum Gasteiger partial charge on any atom is -0.294 e. The maximum Gasteiger partial charge on any atom is 0.188 e. The molecule has 0 aliphatic heterocycles. The topological polar surface area (TPSA) is 81.2 Å². The predicted octanol–water partition coefficient (Wildman–Crippen LogP) is 4.08. The van der Waals surface area contributed by atoms with Crippen LogP contribution in [-0.2, 0) is 9.59 Å². The molecule has 2 aliphatic carbocycles. The van der Waals surface area contributed by atoms with Crippen molar-refractivity contribution < 1.29 is 19.2 Å². The molecule has 0 saturated heterocycles. The van der Waals surface area contributed by atoms with Crippen LogP contribution in [0.25, 0.3) is 0 Å². The Morgan fingerprint density at radius 2 is 1.41 bits per heavy atom. The zero-order valence-electron chi connectivity index (χ0n) is 16.0. The Balaban J connectivity index is 1.66. The average Bonchev–Trinajstić information content (AvgIpc) is 3.04. The van der Waals surface area contributed by atoms with Gasteiger partial charge in [0.15, 0.2) is 23.1 Å². The van der Waals surface area contributed by atoms with Crippen molar-refractivity contribution in [2.75, 3.05) is 0 Å². The van der Waals surface area contributed by atoms with E-state index in [9.17, 15) is 19.2 Å². The highest BCUT2D eigenvalue weighted by atomic mass is 16.2. The molecule has 0 atom stereocenters.